The van der Waals surface area contributed by atoms with Crippen LogP contribution in [-0.2, 0) is 6.42 Å². The summed E-state index contributed by atoms with van der Waals surface area (Å²) in [5.41, 5.74) is 9.52. The minimum absolute atomic E-state index is 0.469. The van der Waals surface area contributed by atoms with Crippen LogP contribution in [0.2, 0.25) is 0 Å². The number of nitriles is 1. The minimum atomic E-state index is 0.469. The first kappa shape index (κ1) is 12.4. The monoisotopic (exact) mass is 259 g/mol. The Kier molecular flexibility index (Phi) is 3.80. The third-order valence-corrected chi connectivity index (χ3v) is 3.55. The molecule has 0 bridgehead atoms. The van der Waals surface area contributed by atoms with Gasteiger partial charge < -0.3 is 10.5 Å². The topological polar surface area (TPSA) is 71.9 Å². The second kappa shape index (κ2) is 5.52. The van der Waals surface area contributed by atoms with E-state index in [4.69, 9.17) is 15.7 Å². The summed E-state index contributed by atoms with van der Waals surface area (Å²) in [6.07, 6.45) is 0.797. The van der Waals surface area contributed by atoms with Crippen LogP contribution in [0.1, 0.15) is 16.1 Å². The van der Waals surface area contributed by atoms with Crippen LogP contribution in [0.3, 0.4) is 0 Å². The molecule has 0 atom stereocenters. The average Bonchev–Trinajstić information content (AvgIpc) is 2.77. The molecule has 4 nitrogen and oxygen atoms in total. The van der Waals surface area contributed by atoms with E-state index in [2.05, 4.69) is 11.1 Å². The van der Waals surface area contributed by atoms with Gasteiger partial charge in [-0.3, -0.25) is 0 Å². The van der Waals surface area contributed by atoms with Crippen molar-refractivity contribution in [1.29, 1.82) is 5.26 Å². The van der Waals surface area contributed by atoms with Gasteiger partial charge in [0.2, 0.25) is 0 Å². The van der Waals surface area contributed by atoms with E-state index < -0.39 is 0 Å². The molecule has 1 aromatic heterocycles. The molecular weight excluding hydrogens is 246 g/mol. The van der Waals surface area contributed by atoms with Crippen LogP contribution in [0.5, 0.6) is 5.75 Å². The molecule has 5 heteroatoms. The molecule has 1 aromatic carbocycles. The zero-order valence-corrected chi connectivity index (χ0v) is 10.8. The van der Waals surface area contributed by atoms with Crippen molar-refractivity contribution in [2.24, 2.45) is 0 Å². The smallest absolute Gasteiger partial charge is 0.137 e. The van der Waals surface area contributed by atoms with Crippen molar-refractivity contribution in [3.05, 3.63) is 39.8 Å². The molecule has 0 fully saturated rings. The number of ether oxygens (including phenoxy) is 1. The molecule has 0 aliphatic rings. The molecule has 0 aliphatic carbocycles. The summed E-state index contributed by atoms with van der Waals surface area (Å²) in [6.45, 7) is 2.51. The van der Waals surface area contributed by atoms with Crippen LogP contribution < -0.4 is 10.5 Å². The Morgan fingerprint density at radius 3 is 3.00 bits per heavy atom. The Hall–Kier alpha value is -2.06. The molecule has 0 saturated carbocycles. The van der Waals surface area contributed by atoms with Crippen molar-refractivity contribution in [2.75, 3.05) is 12.3 Å². The number of nitrogens with zero attached hydrogens (tertiary/aromatic N) is 2. The van der Waals surface area contributed by atoms with Gasteiger partial charge in [-0.05, 0) is 25.1 Å². The van der Waals surface area contributed by atoms with Crippen LogP contribution in [0.4, 0.5) is 5.69 Å². The van der Waals surface area contributed by atoms with Gasteiger partial charge in [0, 0.05) is 17.0 Å². The highest BCUT2D eigenvalue weighted by Gasteiger charge is 2.05. The number of thiazole rings is 1. The summed E-state index contributed by atoms with van der Waals surface area (Å²) in [7, 11) is 0. The lowest BCUT2D eigenvalue weighted by Gasteiger charge is -2.07. The molecule has 92 valence electrons. The number of nitrogens with two attached hydrogens (primary N) is 1. The van der Waals surface area contributed by atoms with Gasteiger partial charge in [-0.15, -0.1) is 11.3 Å². The van der Waals surface area contributed by atoms with E-state index in [1.165, 1.54) is 4.88 Å². The largest absolute Gasteiger partial charge is 0.492 e. The maximum atomic E-state index is 8.98. The van der Waals surface area contributed by atoms with Gasteiger partial charge >= 0.3 is 0 Å². The van der Waals surface area contributed by atoms with E-state index in [1.807, 2.05) is 12.4 Å². The maximum Gasteiger partial charge on any atom is 0.137 e. The number of rotatable bonds is 4. The van der Waals surface area contributed by atoms with Gasteiger partial charge in [0.1, 0.15) is 11.8 Å². The highest BCUT2D eigenvalue weighted by atomic mass is 32.1. The molecule has 0 unspecified atom stereocenters. The third kappa shape index (κ3) is 2.79. The highest BCUT2D eigenvalue weighted by molar-refractivity contribution is 7.09. The molecule has 0 radical (unpaired) electrons. The Balaban J connectivity index is 1.99. The standard InChI is InChI=1S/C13H13N3OS/c1-9-13(18-8-16-9)4-5-17-12-3-2-11(15)6-10(12)7-14/h2-3,6,8H,4-5,15H2,1H3. The van der Waals surface area contributed by atoms with Crippen molar-refractivity contribution in [2.45, 2.75) is 13.3 Å². The summed E-state index contributed by atoms with van der Waals surface area (Å²) in [6, 6.07) is 7.15. The van der Waals surface area contributed by atoms with Crippen LogP contribution in [0.25, 0.3) is 0 Å². The number of aromatic nitrogens is 1. The van der Waals surface area contributed by atoms with Crippen LogP contribution in [0, 0.1) is 18.3 Å². The Morgan fingerprint density at radius 2 is 2.33 bits per heavy atom. The van der Waals surface area contributed by atoms with Crippen molar-refractivity contribution < 1.29 is 4.74 Å². The van der Waals surface area contributed by atoms with E-state index in [-0.39, 0.29) is 0 Å². The Bertz CT molecular complexity index is 586. The average molecular weight is 259 g/mol. The van der Waals surface area contributed by atoms with Gasteiger partial charge in [-0.25, -0.2) is 4.98 Å². The van der Waals surface area contributed by atoms with Crippen molar-refractivity contribution in [3.8, 4) is 11.8 Å². The van der Waals surface area contributed by atoms with Gasteiger partial charge in [-0.1, -0.05) is 0 Å². The predicted octanol–water partition coefficient (Wildman–Crippen LogP) is 2.53. The fourth-order valence-corrected chi connectivity index (χ4v) is 2.34. The maximum absolute atomic E-state index is 8.98. The van der Waals surface area contributed by atoms with Crippen LogP contribution >= 0.6 is 11.3 Å². The zero-order valence-electron chi connectivity index (χ0n) is 10.0. The first-order valence-electron chi connectivity index (χ1n) is 5.52. The molecule has 0 saturated heterocycles. The van der Waals surface area contributed by atoms with Gasteiger partial charge in [0.05, 0.1) is 23.4 Å². The Labute approximate surface area is 110 Å². The fraction of sp³-hybridized carbons (Fsp3) is 0.231. The second-order valence-electron chi connectivity index (χ2n) is 3.83. The quantitative estimate of drug-likeness (QED) is 0.856. The molecule has 18 heavy (non-hydrogen) atoms. The van der Waals surface area contributed by atoms with Crippen LogP contribution in [0.15, 0.2) is 23.7 Å². The second-order valence-corrected chi connectivity index (χ2v) is 4.77. The summed E-state index contributed by atoms with van der Waals surface area (Å²) < 4.78 is 5.61. The van der Waals surface area contributed by atoms with E-state index in [1.54, 1.807) is 29.5 Å². The molecule has 0 amide bonds. The molecule has 0 spiro atoms. The summed E-state index contributed by atoms with van der Waals surface area (Å²) in [4.78, 5) is 5.39. The number of hydrogen-bond acceptors (Lipinski definition) is 5. The van der Waals surface area contributed by atoms with E-state index in [0.29, 0.717) is 23.6 Å². The van der Waals surface area contributed by atoms with Gasteiger partial charge in [0.25, 0.3) is 0 Å². The van der Waals surface area contributed by atoms with E-state index in [9.17, 15) is 0 Å². The Morgan fingerprint density at radius 1 is 1.50 bits per heavy atom. The molecule has 2 rings (SSSR count). The SMILES string of the molecule is Cc1ncsc1CCOc1ccc(N)cc1C#N. The first-order chi connectivity index (χ1) is 8.70. The molecule has 0 aliphatic heterocycles. The molecule has 2 aromatic rings. The number of anilines is 1. The minimum Gasteiger partial charge on any atom is -0.492 e. The lowest BCUT2D eigenvalue weighted by molar-refractivity contribution is 0.322. The predicted molar refractivity (Wildman–Crippen MR) is 71.6 cm³/mol. The highest BCUT2D eigenvalue weighted by Crippen LogP contribution is 2.21. The summed E-state index contributed by atoms with van der Waals surface area (Å²) >= 11 is 1.62. The third-order valence-electron chi connectivity index (χ3n) is 2.56. The number of benzene rings is 1. The van der Waals surface area contributed by atoms with Crippen molar-refractivity contribution >= 4 is 17.0 Å². The molecule has 2 N–H and O–H groups in total. The molecule has 1 heterocycles. The van der Waals surface area contributed by atoms with Gasteiger partial charge in [0.15, 0.2) is 0 Å². The zero-order chi connectivity index (χ0) is 13.0. The van der Waals surface area contributed by atoms with Crippen molar-refractivity contribution in [1.82, 2.24) is 4.98 Å². The lowest BCUT2D eigenvalue weighted by Crippen LogP contribution is -2.03. The van der Waals surface area contributed by atoms with E-state index >= 15 is 0 Å². The normalized spacial score (nSPS) is 10.0. The lowest BCUT2D eigenvalue weighted by atomic mass is 10.2. The van der Waals surface area contributed by atoms with Crippen molar-refractivity contribution in [3.63, 3.8) is 0 Å². The van der Waals surface area contributed by atoms with Gasteiger partial charge in [-0.2, -0.15) is 5.26 Å². The molecular formula is C13H13N3OS. The summed E-state index contributed by atoms with van der Waals surface area (Å²) in [5.74, 6) is 0.578. The number of nitrogen functional groups attached to an aromatic ring is 1. The first-order valence-corrected chi connectivity index (χ1v) is 6.40. The number of hydrogen-bond donors (Lipinski definition) is 1. The fourth-order valence-electron chi connectivity index (χ4n) is 1.58. The van der Waals surface area contributed by atoms with Crippen LogP contribution in [-0.4, -0.2) is 11.6 Å². The van der Waals surface area contributed by atoms with E-state index in [0.717, 1.165) is 12.1 Å². The number of aryl methyl sites for hydroxylation is 1. The summed E-state index contributed by atoms with van der Waals surface area (Å²) in [5, 5.41) is 8.98.